The van der Waals surface area contributed by atoms with E-state index in [1.807, 2.05) is 0 Å². The molecule has 2 atom stereocenters. The third kappa shape index (κ3) is 3.39. The van der Waals surface area contributed by atoms with Gasteiger partial charge in [-0.1, -0.05) is 0 Å². The number of nitrogens with zero attached hydrogens (tertiary/aromatic N) is 2. The van der Waals surface area contributed by atoms with Gasteiger partial charge in [-0.3, -0.25) is 4.79 Å². The Labute approximate surface area is 131 Å². The number of oxazole rings is 1. The van der Waals surface area contributed by atoms with Gasteiger partial charge < -0.3 is 14.4 Å². The summed E-state index contributed by atoms with van der Waals surface area (Å²) in [5.41, 5.74) is 1.01. The van der Waals surface area contributed by atoms with E-state index in [0.29, 0.717) is 11.3 Å². The summed E-state index contributed by atoms with van der Waals surface area (Å²) in [6.07, 6.45) is 0.367. The van der Waals surface area contributed by atoms with Crippen LogP contribution < -0.4 is 0 Å². The summed E-state index contributed by atoms with van der Waals surface area (Å²) < 4.78 is 31.6. The second-order valence-corrected chi connectivity index (χ2v) is 5.54. The van der Waals surface area contributed by atoms with Gasteiger partial charge in [0.05, 0.1) is 31.3 Å². The van der Waals surface area contributed by atoms with Crippen LogP contribution in [0.1, 0.15) is 12.1 Å². The molecular formula is C16H16F2N2O3. The summed E-state index contributed by atoms with van der Waals surface area (Å²) in [6, 6.07) is 5.16. The first-order valence-corrected chi connectivity index (χ1v) is 7.31. The number of alkyl halides is 1. The zero-order chi connectivity index (χ0) is 16.4. The fourth-order valence-corrected chi connectivity index (χ4v) is 2.71. The molecule has 1 N–H and O–H groups in total. The molecule has 0 spiro atoms. The number of halogens is 2. The number of carbonyl (C=O) groups excluding carboxylic acids is 1. The minimum atomic E-state index is -1.11. The molecule has 1 saturated heterocycles. The third-order valence-corrected chi connectivity index (χ3v) is 3.87. The van der Waals surface area contributed by atoms with Gasteiger partial charge in [0.1, 0.15) is 18.3 Å². The molecular weight excluding hydrogens is 306 g/mol. The van der Waals surface area contributed by atoms with Gasteiger partial charge in [-0.15, -0.1) is 0 Å². The van der Waals surface area contributed by atoms with Gasteiger partial charge in [-0.05, 0) is 24.3 Å². The molecule has 1 aliphatic heterocycles. The van der Waals surface area contributed by atoms with Crippen molar-refractivity contribution in [3.05, 3.63) is 42.0 Å². The fraction of sp³-hybridized carbons (Fsp3) is 0.375. The van der Waals surface area contributed by atoms with Crippen molar-refractivity contribution in [3.8, 4) is 11.5 Å². The van der Waals surface area contributed by atoms with E-state index in [4.69, 9.17) is 4.42 Å². The molecule has 122 valence electrons. The van der Waals surface area contributed by atoms with E-state index in [-0.39, 0.29) is 43.6 Å². The van der Waals surface area contributed by atoms with Crippen LogP contribution in [0.15, 0.2) is 34.9 Å². The third-order valence-electron chi connectivity index (χ3n) is 3.87. The number of carbonyl (C=O) groups is 1. The van der Waals surface area contributed by atoms with E-state index < -0.39 is 12.2 Å². The Bertz CT molecular complexity index is 687. The van der Waals surface area contributed by atoms with Crippen molar-refractivity contribution in [1.29, 1.82) is 0 Å². The zero-order valence-corrected chi connectivity index (χ0v) is 12.3. The molecule has 0 radical (unpaired) electrons. The van der Waals surface area contributed by atoms with Crippen LogP contribution in [-0.2, 0) is 11.2 Å². The molecule has 1 aromatic carbocycles. The predicted octanol–water partition coefficient (Wildman–Crippen LogP) is 1.95. The average molecular weight is 322 g/mol. The number of rotatable bonds is 4. The number of benzene rings is 1. The van der Waals surface area contributed by atoms with Crippen LogP contribution in [0.3, 0.4) is 0 Å². The topological polar surface area (TPSA) is 66.6 Å². The lowest BCUT2D eigenvalue weighted by Crippen LogP contribution is -2.38. The Morgan fingerprint density at radius 2 is 2.13 bits per heavy atom. The minimum Gasteiger partial charge on any atom is -0.444 e. The van der Waals surface area contributed by atoms with Crippen LogP contribution in [0.5, 0.6) is 0 Å². The zero-order valence-electron chi connectivity index (χ0n) is 12.3. The molecule has 0 aliphatic carbocycles. The lowest BCUT2D eigenvalue weighted by atomic mass is 10.2. The maximum absolute atomic E-state index is 13.4. The van der Waals surface area contributed by atoms with Crippen LogP contribution in [0, 0.1) is 5.82 Å². The Hall–Kier alpha value is -2.28. The average Bonchev–Trinajstić information content (AvgIpc) is 3.14. The fourth-order valence-electron chi connectivity index (χ4n) is 2.71. The highest BCUT2D eigenvalue weighted by Crippen LogP contribution is 2.22. The summed E-state index contributed by atoms with van der Waals surface area (Å²) >= 11 is 0. The first-order valence-electron chi connectivity index (χ1n) is 7.31. The quantitative estimate of drug-likeness (QED) is 0.934. The Morgan fingerprint density at radius 3 is 2.83 bits per heavy atom. The highest BCUT2D eigenvalue weighted by molar-refractivity contribution is 5.79. The maximum atomic E-state index is 13.4. The second kappa shape index (κ2) is 6.45. The normalized spacial score (nSPS) is 20.9. The van der Waals surface area contributed by atoms with Crippen molar-refractivity contribution >= 4 is 5.91 Å². The van der Waals surface area contributed by atoms with Crippen LogP contribution in [0.25, 0.3) is 11.5 Å². The van der Waals surface area contributed by atoms with E-state index in [1.54, 1.807) is 0 Å². The van der Waals surface area contributed by atoms with Gasteiger partial charge in [0.25, 0.3) is 0 Å². The smallest absolute Gasteiger partial charge is 0.229 e. The predicted molar refractivity (Wildman–Crippen MR) is 77.7 cm³/mol. The first kappa shape index (κ1) is 15.6. The lowest BCUT2D eigenvalue weighted by molar-refractivity contribution is -0.132. The number of hydrogen-bond acceptors (Lipinski definition) is 4. The monoisotopic (exact) mass is 322 g/mol. The van der Waals surface area contributed by atoms with E-state index in [2.05, 4.69) is 4.98 Å². The van der Waals surface area contributed by atoms with Crippen molar-refractivity contribution < 1.29 is 23.1 Å². The van der Waals surface area contributed by atoms with Crippen molar-refractivity contribution in [2.75, 3.05) is 13.2 Å². The van der Waals surface area contributed by atoms with E-state index in [1.165, 1.54) is 35.4 Å². The molecule has 0 bridgehead atoms. The largest absolute Gasteiger partial charge is 0.444 e. The SMILES string of the molecule is O=C(Cc1coc(-c2ccc(F)cc2)n1)N1C[C@@H](F)C[C@H]1CO. The van der Waals surface area contributed by atoms with Crippen molar-refractivity contribution in [2.45, 2.75) is 25.1 Å². The van der Waals surface area contributed by atoms with Crippen LogP contribution in [0.4, 0.5) is 8.78 Å². The summed E-state index contributed by atoms with van der Waals surface area (Å²) in [7, 11) is 0. The first-order chi connectivity index (χ1) is 11.1. The van der Waals surface area contributed by atoms with Crippen LogP contribution >= 0.6 is 0 Å². The van der Waals surface area contributed by atoms with Crippen molar-refractivity contribution in [1.82, 2.24) is 9.88 Å². The van der Waals surface area contributed by atoms with E-state index in [0.717, 1.165) is 0 Å². The van der Waals surface area contributed by atoms with Gasteiger partial charge in [0.2, 0.25) is 11.8 Å². The van der Waals surface area contributed by atoms with E-state index >= 15 is 0 Å². The van der Waals surface area contributed by atoms with Gasteiger partial charge in [0.15, 0.2) is 0 Å². The molecule has 23 heavy (non-hydrogen) atoms. The molecule has 7 heteroatoms. The number of likely N-dealkylation sites (tertiary alicyclic amines) is 1. The van der Waals surface area contributed by atoms with Gasteiger partial charge in [-0.2, -0.15) is 0 Å². The Morgan fingerprint density at radius 1 is 1.39 bits per heavy atom. The molecule has 0 saturated carbocycles. The number of aliphatic hydroxyl groups is 1. The highest BCUT2D eigenvalue weighted by Gasteiger charge is 2.34. The molecule has 3 rings (SSSR count). The number of hydrogen-bond donors (Lipinski definition) is 1. The summed E-state index contributed by atoms with van der Waals surface area (Å²) in [5.74, 6) is -0.375. The lowest BCUT2D eigenvalue weighted by Gasteiger charge is -2.21. The molecule has 1 aromatic heterocycles. The maximum Gasteiger partial charge on any atom is 0.229 e. The molecule has 2 aromatic rings. The molecule has 1 fully saturated rings. The van der Waals surface area contributed by atoms with Crippen LogP contribution in [-0.4, -0.2) is 46.3 Å². The summed E-state index contributed by atoms with van der Waals surface area (Å²) in [4.78, 5) is 17.8. The molecule has 5 nitrogen and oxygen atoms in total. The number of aliphatic hydroxyl groups excluding tert-OH is 1. The van der Waals surface area contributed by atoms with Gasteiger partial charge >= 0.3 is 0 Å². The van der Waals surface area contributed by atoms with Crippen molar-refractivity contribution in [3.63, 3.8) is 0 Å². The van der Waals surface area contributed by atoms with E-state index in [9.17, 15) is 18.7 Å². The van der Waals surface area contributed by atoms with Crippen LogP contribution in [0.2, 0.25) is 0 Å². The number of aromatic nitrogens is 1. The highest BCUT2D eigenvalue weighted by atomic mass is 19.1. The standard InChI is InChI=1S/C16H16F2N2O3/c17-11-3-1-10(2-4-11)16-19-13(9-23-16)6-15(22)20-7-12(18)5-14(20)8-21/h1-4,9,12,14,21H,5-8H2/t12-,14-/m0/s1. The summed E-state index contributed by atoms with van der Waals surface area (Å²) in [6.45, 7) is -0.265. The second-order valence-electron chi connectivity index (χ2n) is 5.54. The van der Waals surface area contributed by atoms with Crippen molar-refractivity contribution in [2.24, 2.45) is 0 Å². The Kier molecular flexibility index (Phi) is 4.38. The molecule has 1 amide bonds. The number of amides is 1. The molecule has 0 unspecified atom stereocenters. The minimum absolute atomic E-state index is 0.00721. The van der Waals surface area contributed by atoms with Gasteiger partial charge in [-0.25, -0.2) is 13.8 Å². The molecule has 2 heterocycles. The Balaban J connectivity index is 1.69. The molecule has 1 aliphatic rings. The van der Waals surface area contributed by atoms with Gasteiger partial charge in [0, 0.05) is 12.0 Å². The summed E-state index contributed by atoms with van der Waals surface area (Å²) in [5, 5.41) is 9.22.